The number of hydrogen-bond acceptors (Lipinski definition) is 7. The third-order valence-corrected chi connectivity index (χ3v) is 14.0. The Morgan fingerprint density at radius 2 is 1.06 bits per heavy atom. The summed E-state index contributed by atoms with van der Waals surface area (Å²) in [6.07, 6.45) is 5.08. The minimum absolute atomic E-state index is 0.120. The fourth-order valence-electron chi connectivity index (χ4n) is 7.55. The Morgan fingerprint density at radius 1 is 0.571 bits per heavy atom. The highest BCUT2D eigenvalue weighted by molar-refractivity contribution is 7.39. The summed E-state index contributed by atoms with van der Waals surface area (Å²) >= 11 is 4.70. The molecule has 0 amide bonds. The molecular weight excluding hydrogens is 693 g/mol. The topological polar surface area (TPSA) is 68.3 Å². The average molecular weight is 713 g/mol. The number of rotatable bonds is 2. The van der Waals surface area contributed by atoms with E-state index in [9.17, 15) is 36.7 Å². The van der Waals surface area contributed by atoms with E-state index in [0.29, 0.717) is 4.88 Å². The van der Waals surface area contributed by atoms with E-state index in [1.165, 1.54) is 23.0 Å². The second-order valence-electron chi connectivity index (χ2n) is 13.6. The van der Waals surface area contributed by atoms with Crippen molar-refractivity contribution in [3.8, 4) is 0 Å². The third-order valence-electron chi connectivity index (χ3n) is 10.1. The van der Waals surface area contributed by atoms with Crippen molar-refractivity contribution in [1.29, 1.82) is 0 Å². The number of carbonyl (C=O) groups is 4. The molecule has 0 unspecified atom stereocenters. The van der Waals surface area contributed by atoms with Gasteiger partial charge >= 0.3 is 0 Å². The van der Waals surface area contributed by atoms with Crippen LogP contribution in [0.2, 0.25) is 0 Å². The van der Waals surface area contributed by atoms with E-state index in [-0.39, 0.29) is 33.4 Å². The summed E-state index contributed by atoms with van der Waals surface area (Å²) in [6.45, 7) is 8.34. The molecule has 3 heterocycles. The van der Waals surface area contributed by atoms with Gasteiger partial charge in [0.15, 0.2) is 46.4 Å². The number of benzene rings is 2. The number of thiophene rings is 3. The molecule has 0 atom stereocenters. The minimum atomic E-state index is -1.18. The lowest BCUT2D eigenvalue weighted by atomic mass is 9.79. The van der Waals surface area contributed by atoms with Gasteiger partial charge < -0.3 is 0 Å². The molecule has 0 bridgehead atoms. The van der Waals surface area contributed by atoms with Gasteiger partial charge in [-0.1, -0.05) is 33.8 Å². The normalized spacial score (nSPS) is 18.7. The van der Waals surface area contributed by atoms with E-state index in [4.69, 9.17) is 0 Å². The van der Waals surface area contributed by atoms with Crippen LogP contribution in [0.5, 0.6) is 0 Å². The van der Waals surface area contributed by atoms with Crippen LogP contribution in [0, 0.1) is 28.7 Å². The van der Waals surface area contributed by atoms with Gasteiger partial charge in [-0.2, -0.15) is 0 Å². The van der Waals surface area contributed by atoms with Crippen molar-refractivity contribution in [3.05, 3.63) is 126 Å². The lowest BCUT2D eigenvalue weighted by molar-refractivity contribution is 0.0973. The lowest BCUT2D eigenvalue weighted by Crippen LogP contribution is -2.15. The molecule has 4 nitrogen and oxygen atoms in total. The number of hydrogen-bond donors (Lipinski definition) is 0. The predicted molar refractivity (Wildman–Crippen MR) is 183 cm³/mol. The first-order valence-corrected chi connectivity index (χ1v) is 17.6. The molecule has 3 aromatic heterocycles. The largest absolute Gasteiger partial charge is 0.288 e. The van der Waals surface area contributed by atoms with Crippen molar-refractivity contribution in [2.24, 2.45) is 5.41 Å². The summed E-state index contributed by atoms with van der Waals surface area (Å²) in [7, 11) is 0. The first-order valence-electron chi connectivity index (χ1n) is 15.2. The Balaban J connectivity index is 1.10. The van der Waals surface area contributed by atoms with Crippen molar-refractivity contribution < 1.29 is 36.7 Å². The summed E-state index contributed by atoms with van der Waals surface area (Å²) in [5, 5.41) is 0. The minimum Gasteiger partial charge on any atom is -0.288 e. The standard InChI is InChI=1S/C38H20F4O4S3/c1-37(2)13(5-19-29(43)15-9-22(39)23(40)10-16(15)30(19)44)6-21-27(37)34-28(38(21,3)4)35-36(49-34)33-26(48-35)8-14(47-33)7-20-31(45)17-11-24(41)25(42)12-18(17)32(20)46/h5-12H,1-4H3. The summed E-state index contributed by atoms with van der Waals surface area (Å²) in [5.41, 5.74) is 2.25. The fraction of sp³-hybridized carbons (Fsp3) is 0.158. The Bertz CT molecular complexity index is 2580. The van der Waals surface area contributed by atoms with Crippen LogP contribution in [0.3, 0.4) is 0 Å². The van der Waals surface area contributed by atoms with Gasteiger partial charge in [-0.05, 0) is 64.8 Å². The molecule has 0 spiro atoms. The molecule has 4 aliphatic rings. The maximum Gasteiger partial charge on any atom is 0.197 e. The highest BCUT2D eigenvalue weighted by atomic mass is 32.1. The molecule has 0 saturated heterocycles. The van der Waals surface area contributed by atoms with Gasteiger partial charge in [0.25, 0.3) is 0 Å². The van der Waals surface area contributed by atoms with E-state index in [1.807, 2.05) is 26.0 Å². The fourth-order valence-corrected chi connectivity index (χ4v) is 12.3. The van der Waals surface area contributed by atoms with E-state index < -0.39 is 57.2 Å². The van der Waals surface area contributed by atoms with Crippen LogP contribution < -0.4 is 0 Å². The van der Waals surface area contributed by atoms with Crippen LogP contribution in [0.1, 0.15) is 84.4 Å². The second-order valence-corrected chi connectivity index (χ2v) is 16.8. The molecule has 4 aliphatic carbocycles. The van der Waals surface area contributed by atoms with Crippen molar-refractivity contribution >= 4 is 87.6 Å². The maximum atomic E-state index is 13.9. The van der Waals surface area contributed by atoms with Crippen LogP contribution in [0.15, 0.2) is 64.8 Å². The summed E-state index contributed by atoms with van der Waals surface area (Å²) in [4.78, 5) is 54.1. The molecule has 5 aromatic rings. The van der Waals surface area contributed by atoms with Crippen LogP contribution >= 0.6 is 34.0 Å². The summed E-state index contributed by atoms with van der Waals surface area (Å²) < 4.78 is 59.7. The van der Waals surface area contributed by atoms with Gasteiger partial charge in [0, 0.05) is 47.5 Å². The number of ketones is 4. The molecule has 9 rings (SSSR count). The molecule has 11 heteroatoms. The monoisotopic (exact) mass is 712 g/mol. The Morgan fingerprint density at radius 3 is 1.57 bits per heavy atom. The number of fused-ring (bicyclic) bond motifs is 8. The highest BCUT2D eigenvalue weighted by Gasteiger charge is 2.50. The van der Waals surface area contributed by atoms with Gasteiger partial charge in [0.05, 0.1) is 25.2 Å². The van der Waals surface area contributed by atoms with Crippen LogP contribution in [0.4, 0.5) is 17.6 Å². The van der Waals surface area contributed by atoms with Crippen LogP contribution in [-0.4, -0.2) is 23.1 Å². The first kappa shape index (κ1) is 30.5. The van der Waals surface area contributed by atoms with Crippen LogP contribution in [0.25, 0.3) is 30.4 Å². The van der Waals surface area contributed by atoms with E-state index in [1.54, 1.807) is 28.7 Å². The third kappa shape index (κ3) is 3.83. The molecule has 0 aliphatic heterocycles. The van der Waals surface area contributed by atoms with Gasteiger partial charge in [0.2, 0.25) is 0 Å². The molecule has 0 fully saturated rings. The first-order chi connectivity index (χ1) is 23.1. The number of carbonyl (C=O) groups excluding carboxylic acids is 4. The van der Waals surface area contributed by atoms with Crippen molar-refractivity contribution in [1.82, 2.24) is 0 Å². The number of Topliss-reactive ketones (excluding diaryl/α,β-unsaturated/α-hetero) is 4. The van der Waals surface area contributed by atoms with Crippen molar-refractivity contribution in [2.75, 3.05) is 0 Å². The molecule has 0 N–H and O–H groups in total. The predicted octanol–water partition coefficient (Wildman–Crippen LogP) is 10.2. The zero-order chi connectivity index (χ0) is 34.6. The van der Waals surface area contributed by atoms with Gasteiger partial charge in [-0.3, -0.25) is 19.2 Å². The quantitative estimate of drug-likeness (QED) is 0.104. The summed E-state index contributed by atoms with van der Waals surface area (Å²) in [5.74, 6) is -7.27. The maximum absolute atomic E-state index is 13.9. The van der Waals surface area contributed by atoms with E-state index >= 15 is 0 Å². The molecule has 0 saturated carbocycles. The number of halogens is 4. The Labute approximate surface area is 287 Å². The van der Waals surface area contributed by atoms with Crippen molar-refractivity contribution in [3.63, 3.8) is 0 Å². The molecule has 49 heavy (non-hydrogen) atoms. The number of allylic oxidation sites excluding steroid dienone is 7. The van der Waals surface area contributed by atoms with Gasteiger partial charge in [-0.25, -0.2) is 17.6 Å². The van der Waals surface area contributed by atoms with Gasteiger partial charge in [-0.15, -0.1) is 34.0 Å². The van der Waals surface area contributed by atoms with E-state index in [2.05, 4.69) is 13.8 Å². The molecule has 0 radical (unpaired) electrons. The lowest BCUT2D eigenvalue weighted by Gasteiger charge is -2.25. The Hall–Kier alpha value is -4.58. The molecule has 2 aromatic carbocycles. The SMILES string of the molecule is CC1(C)C(C=C2C(=O)c3cc(F)c(F)cc3C2=O)=CC2=C1c1sc3c(sc4cc(C=C5C(=O)c6cc(F)c(F)cc6C5=O)sc43)c1C2(C)C. The smallest absolute Gasteiger partial charge is 0.197 e. The zero-order valence-electron chi connectivity index (χ0n) is 26.0. The van der Waals surface area contributed by atoms with Crippen molar-refractivity contribution in [2.45, 2.75) is 33.1 Å². The molecular formula is C38H20F4O4S3. The Kier molecular flexibility index (Phi) is 5.94. The molecule has 242 valence electrons. The highest BCUT2D eigenvalue weighted by Crippen LogP contribution is 2.65. The second kappa shape index (κ2) is 9.56. The van der Waals surface area contributed by atoms with E-state index in [0.717, 1.165) is 64.7 Å². The summed E-state index contributed by atoms with van der Waals surface area (Å²) in [6, 6.07) is 5.02. The zero-order valence-corrected chi connectivity index (χ0v) is 28.4. The van der Waals surface area contributed by atoms with Crippen LogP contribution in [-0.2, 0) is 5.41 Å². The van der Waals surface area contributed by atoms with Gasteiger partial charge in [0.1, 0.15) is 0 Å². The average Bonchev–Trinajstić information content (AvgIpc) is 3.85.